The van der Waals surface area contributed by atoms with Crippen molar-refractivity contribution in [2.75, 3.05) is 0 Å². The first-order valence-corrected chi connectivity index (χ1v) is 23.1. The average molecular weight is 862 g/mol. The fraction of sp³-hybridized carbons (Fsp3) is 0.129. The first-order chi connectivity index (χ1) is 32.5. The second kappa shape index (κ2) is 14.6. The number of aromatic nitrogens is 3. The van der Waals surface area contributed by atoms with Gasteiger partial charge in [-0.2, -0.15) is 10.5 Å². The van der Waals surface area contributed by atoms with E-state index in [9.17, 15) is 10.5 Å². The zero-order chi connectivity index (χ0) is 45.9. The fourth-order valence-electron chi connectivity index (χ4n) is 10.7. The van der Waals surface area contributed by atoms with E-state index in [1.165, 1.54) is 11.1 Å². The number of para-hydroxylation sites is 4. The van der Waals surface area contributed by atoms with Crippen LogP contribution in [0.15, 0.2) is 176 Å². The summed E-state index contributed by atoms with van der Waals surface area (Å²) in [4.78, 5) is 0. The molecule has 12 rings (SSSR count). The van der Waals surface area contributed by atoms with Gasteiger partial charge in [-0.3, -0.25) is 0 Å². The van der Waals surface area contributed by atoms with Crippen LogP contribution in [0.25, 0.3) is 104 Å². The van der Waals surface area contributed by atoms with Crippen LogP contribution < -0.4 is 0 Å². The van der Waals surface area contributed by atoms with Gasteiger partial charge in [-0.1, -0.05) is 163 Å². The van der Waals surface area contributed by atoms with Gasteiger partial charge in [0.2, 0.25) is 0 Å². The highest BCUT2D eigenvalue weighted by molar-refractivity contribution is 6.15. The number of hydrogen-bond acceptors (Lipinski definition) is 2. The van der Waals surface area contributed by atoms with Crippen molar-refractivity contribution in [2.45, 2.75) is 52.4 Å². The molecule has 0 fully saturated rings. The summed E-state index contributed by atoms with van der Waals surface area (Å²) < 4.78 is 6.80. The molecule has 0 N–H and O–H groups in total. The number of hydrogen-bond donors (Lipinski definition) is 0. The van der Waals surface area contributed by atoms with Gasteiger partial charge in [0.1, 0.15) is 23.3 Å². The zero-order valence-corrected chi connectivity index (χ0v) is 38.5. The number of fused-ring (bicyclic) bond motifs is 10. The van der Waals surface area contributed by atoms with Crippen LogP contribution in [0.4, 0.5) is 0 Å². The number of rotatable bonds is 4. The van der Waals surface area contributed by atoms with Crippen molar-refractivity contribution < 1.29 is 0 Å². The summed E-state index contributed by atoms with van der Waals surface area (Å²) in [5, 5.41) is 33.1. The largest absolute Gasteiger partial charge is 0.307 e. The summed E-state index contributed by atoms with van der Waals surface area (Å²) >= 11 is 0. The molecule has 3 heterocycles. The Morgan fingerprint density at radius 2 is 0.701 bits per heavy atom. The van der Waals surface area contributed by atoms with E-state index in [2.05, 4.69) is 243 Å². The first kappa shape index (κ1) is 40.2. The van der Waals surface area contributed by atoms with Gasteiger partial charge < -0.3 is 13.7 Å². The first-order valence-electron chi connectivity index (χ1n) is 23.1. The lowest BCUT2D eigenvalue weighted by atomic mass is 9.85. The van der Waals surface area contributed by atoms with E-state index in [1.807, 2.05) is 0 Å². The highest BCUT2D eigenvalue weighted by Crippen LogP contribution is 2.49. The van der Waals surface area contributed by atoms with E-state index in [-0.39, 0.29) is 10.8 Å². The Balaban J connectivity index is 1.39. The van der Waals surface area contributed by atoms with Gasteiger partial charge in [0.25, 0.3) is 0 Å². The van der Waals surface area contributed by atoms with Crippen LogP contribution in [-0.2, 0) is 10.8 Å². The van der Waals surface area contributed by atoms with E-state index in [0.29, 0.717) is 28.2 Å². The normalized spacial score (nSPS) is 12.3. The van der Waals surface area contributed by atoms with Crippen molar-refractivity contribution in [3.05, 3.63) is 198 Å². The minimum absolute atomic E-state index is 0.116. The van der Waals surface area contributed by atoms with E-state index in [4.69, 9.17) is 0 Å². The minimum Gasteiger partial charge on any atom is -0.307 e. The third-order valence-electron chi connectivity index (χ3n) is 14.0. The molecule has 0 aliphatic heterocycles. The summed E-state index contributed by atoms with van der Waals surface area (Å²) in [6, 6.07) is 68.0. The number of benzene rings is 9. The molecular formula is C62H47N5. The fourth-order valence-corrected chi connectivity index (χ4v) is 10.7. The lowest BCUT2D eigenvalue weighted by Gasteiger charge is -2.26. The molecule has 12 aromatic rings. The van der Waals surface area contributed by atoms with Crippen LogP contribution in [0.1, 0.15) is 63.8 Å². The second-order valence-corrected chi connectivity index (χ2v) is 20.0. The van der Waals surface area contributed by atoms with Gasteiger partial charge in [-0.15, -0.1) is 0 Å². The highest BCUT2D eigenvalue weighted by Gasteiger charge is 2.33. The van der Waals surface area contributed by atoms with E-state index in [0.717, 1.165) is 87.3 Å². The Bertz CT molecular complexity index is 3810. The Labute approximate surface area is 389 Å². The standard InChI is InChI=1S/C62H47N5/c1-61(2,3)41-29-31-55-47(34-41)48-35-42(62(4,5)6)30-32-56(48)65(55)58-49(36-63)59(66-51-23-13-9-19-43(51)44-20-10-14-24-52(44)66)57(40-28-27-38-17-7-8-18-39(38)33-40)60(50(58)37-64)67-53-25-15-11-21-45(53)46-22-12-16-26-54(46)67/h7-35H,1-6H3. The maximum Gasteiger partial charge on any atom is 0.104 e. The zero-order valence-electron chi connectivity index (χ0n) is 38.5. The number of nitrogens with zero attached hydrogens (tertiary/aromatic N) is 5. The summed E-state index contributed by atoms with van der Waals surface area (Å²) in [5.74, 6) is 0. The molecule has 0 radical (unpaired) electrons. The molecule has 0 aliphatic carbocycles. The summed E-state index contributed by atoms with van der Waals surface area (Å²) in [7, 11) is 0. The maximum absolute atomic E-state index is 12.2. The molecular weight excluding hydrogens is 815 g/mol. The Kier molecular flexibility index (Phi) is 8.73. The summed E-state index contributed by atoms with van der Waals surface area (Å²) in [5.41, 5.74) is 12.4. The van der Waals surface area contributed by atoms with Gasteiger partial charge in [-0.25, -0.2) is 0 Å². The lowest BCUT2D eigenvalue weighted by molar-refractivity contribution is 0.590. The molecule has 0 bridgehead atoms. The van der Waals surface area contributed by atoms with Crippen LogP contribution in [0.2, 0.25) is 0 Å². The summed E-state index contributed by atoms with van der Waals surface area (Å²) in [6.07, 6.45) is 0. The van der Waals surface area contributed by atoms with Crippen molar-refractivity contribution >= 4 is 76.2 Å². The highest BCUT2D eigenvalue weighted by atomic mass is 15.1. The Morgan fingerprint density at radius 1 is 0.343 bits per heavy atom. The van der Waals surface area contributed by atoms with Gasteiger partial charge in [0, 0.05) is 37.9 Å². The van der Waals surface area contributed by atoms with Crippen LogP contribution >= 0.6 is 0 Å². The van der Waals surface area contributed by atoms with Gasteiger partial charge in [0.15, 0.2) is 0 Å². The molecule has 0 saturated carbocycles. The van der Waals surface area contributed by atoms with Gasteiger partial charge in [-0.05, 0) is 92.9 Å². The van der Waals surface area contributed by atoms with Crippen molar-refractivity contribution in [1.29, 1.82) is 10.5 Å². The molecule has 0 saturated heterocycles. The maximum atomic E-state index is 12.2. The SMILES string of the molecule is CC(C)(C)c1ccc2c(c1)c1cc(C(C)(C)C)ccc1n2-c1c(C#N)c(-n2c3ccccc3c3ccccc32)c(-c2ccc3ccccc3c2)c(-n2c3ccccc3c3ccccc32)c1C#N. The smallest absolute Gasteiger partial charge is 0.104 e. The van der Waals surface area contributed by atoms with E-state index >= 15 is 0 Å². The third kappa shape index (κ3) is 5.91. The summed E-state index contributed by atoms with van der Waals surface area (Å²) in [6.45, 7) is 13.5. The van der Waals surface area contributed by atoms with Crippen molar-refractivity contribution in [3.8, 4) is 40.3 Å². The topological polar surface area (TPSA) is 62.4 Å². The molecule has 0 atom stereocenters. The monoisotopic (exact) mass is 861 g/mol. The molecule has 320 valence electrons. The predicted octanol–water partition coefficient (Wildman–Crippen LogP) is 16.1. The van der Waals surface area contributed by atoms with Crippen molar-refractivity contribution in [2.24, 2.45) is 0 Å². The predicted molar refractivity (Wildman–Crippen MR) is 279 cm³/mol. The van der Waals surface area contributed by atoms with Crippen LogP contribution in [-0.4, -0.2) is 13.7 Å². The van der Waals surface area contributed by atoms with Gasteiger partial charge >= 0.3 is 0 Å². The Hall–Kier alpha value is -8.38. The second-order valence-electron chi connectivity index (χ2n) is 20.0. The minimum atomic E-state index is -0.116. The average Bonchev–Trinajstić information content (AvgIpc) is 3.97. The number of nitriles is 2. The van der Waals surface area contributed by atoms with Crippen LogP contribution in [0, 0.1) is 22.7 Å². The quantitative estimate of drug-likeness (QED) is 0.177. The molecule has 0 amide bonds. The van der Waals surface area contributed by atoms with Crippen molar-refractivity contribution in [3.63, 3.8) is 0 Å². The molecule has 0 spiro atoms. The van der Waals surface area contributed by atoms with Gasteiger partial charge in [0.05, 0.1) is 50.2 Å². The Morgan fingerprint density at radius 3 is 1.10 bits per heavy atom. The van der Waals surface area contributed by atoms with Crippen molar-refractivity contribution in [1.82, 2.24) is 13.7 Å². The lowest BCUT2D eigenvalue weighted by Crippen LogP contribution is -2.14. The molecule has 5 nitrogen and oxygen atoms in total. The molecule has 0 unspecified atom stereocenters. The molecule has 67 heavy (non-hydrogen) atoms. The molecule has 9 aromatic carbocycles. The van der Waals surface area contributed by atoms with E-state index in [1.54, 1.807) is 0 Å². The van der Waals surface area contributed by atoms with Crippen LogP contribution in [0.5, 0.6) is 0 Å². The molecule has 3 aromatic heterocycles. The van der Waals surface area contributed by atoms with Crippen LogP contribution in [0.3, 0.4) is 0 Å². The molecule has 0 aliphatic rings. The molecule has 5 heteroatoms. The van der Waals surface area contributed by atoms with E-state index < -0.39 is 0 Å². The third-order valence-corrected chi connectivity index (χ3v) is 14.0.